The smallest absolute Gasteiger partial charge is 0.105 e. The van der Waals surface area contributed by atoms with Crippen molar-refractivity contribution in [2.75, 3.05) is 32.8 Å². The van der Waals surface area contributed by atoms with Crippen LogP contribution in [0.3, 0.4) is 0 Å². The molecule has 0 radical (unpaired) electrons. The Morgan fingerprint density at radius 2 is 2.19 bits per heavy atom. The van der Waals surface area contributed by atoms with Crippen LogP contribution in [0.15, 0.2) is 0 Å². The summed E-state index contributed by atoms with van der Waals surface area (Å²) >= 11 is 0. The zero-order valence-corrected chi connectivity index (χ0v) is 10.2. The van der Waals surface area contributed by atoms with E-state index >= 15 is 0 Å². The summed E-state index contributed by atoms with van der Waals surface area (Å²) in [5.41, 5.74) is -0.646. The summed E-state index contributed by atoms with van der Waals surface area (Å²) in [6.07, 6.45) is 3.22. The van der Waals surface area contributed by atoms with Gasteiger partial charge in [-0.05, 0) is 45.3 Å². The molecule has 0 aromatic heterocycles. The van der Waals surface area contributed by atoms with Gasteiger partial charge >= 0.3 is 0 Å². The van der Waals surface area contributed by atoms with Gasteiger partial charge in [0.05, 0.1) is 6.10 Å². The lowest BCUT2D eigenvalue weighted by atomic mass is 9.95. The van der Waals surface area contributed by atoms with Crippen LogP contribution in [0.4, 0.5) is 0 Å². The minimum atomic E-state index is -0.646. The molecular formula is C12H24N2O2. The fourth-order valence-corrected chi connectivity index (χ4v) is 2.58. The van der Waals surface area contributed by atoms with Gasteiger partial charge in [-0.2, -0.15) is 0 Å². The summed E-state index contributed by atoms with van der Waals surface area (Å²) in [4.78, 5) is 0. The molecule has 0 aromatic rings. The molecule has 2 fully saturated rings. The largest absolute Gasteiger partial charge is 0.386 e. The topological polar surface area (TPSA) is 53.5 Å². The van der Waals surface area contributed by atoms with Crippen molar-refractivity contribution in [3.8, 4) is 0 Å². The van der Waals surface area contributed by atoms with Gasteiger partial charge in [-0.3, -0.25) is 0 Å². The molecule has 2 heterocycles. The van der Waals surface area contributed by atoms with Gasteiger partial charge in [0.2, 0.25) is 0 Å². The molecule has 2 unspecified atom stereocenters. The predicted octanol–water partition coefficient (Wildman–Crippen LogP) is 0.116. The van der Waals surface area contributed by atoms with Gasteiger partial charge < -0.3 is 20.5 Å². The van der Waals surface area contributed by atoms with E-state index in [2.05, 4.69) is 10.6 Å². The van der Waals surface area contributed by atoms with Gasteiger partial charge in [0, 0.05) is 19.6 Å². The number of nitrogens with one attached hydrogen (secondary N) is 2. The summed E-state index contributed by atoms with van der Waals surface area (Å²) in [7, 11) is 0. The average Bonchev–Trinajstić information content (AvgIpc) is 2.61. The summed E-state index contributed by atoms with van der Waals surface area (Å²) in [5, 5.41) is 17.1. The van der Waals surface area contributed by atoms with E-state index in [1.54, 1.807) is 0 Å². The van der Waals surface area contributed by atoms with Crippen LogP contribution in [0.25, 0.3) is 0 Å². The van der Waals surface area contributed by atoms with E-state index in [0.717, 1.165) is 32.0 Å². The Bertz CT molecular complexity index is 219. The fourth-order valence-electron chi connectivity index (χ4n) is 2.58. The van der Waals surface area contributed by atoms with Crippen LogP contribution in [0.2, 0.25) is 0 Å². The highest BCUT2D eigenvalue weighted by molar-refractivity contribution is 4.91. The Labute approximate surface area is 97.7 Å². The maximum Gasteiger partial charge on any atom is 0.105 e. The zero-order valence-electron chi connectivity index (χ0n) is 10.2. The number of aliphatic hydroxyl groups is 1. The number of ether oxygens (including phenoxy) is 1. The van der Waals surface area contributed by atoms with Gasteiger partial charge in [-0.1, -0.05) is 0 Å². The van der Waals surface area contributed by atoms with Crippen LogP contribution < -0.4 is 10.6 Å². The van der Waals surface area contributed by atoms with E-state index in [-0.39, 0.29) is 6.10 Å². The van der Waals surface area contributed by atoms with Crippen molar-refractivity contribution in [3.05, 3.63) is 0 Å². The third-order valence-electron chi connectivity index (χ3n) is 3.98. The van der Waals surface area contributed by atoms with E-state index in [9.17, 15) is 5.11 Å². The van der Waals surface area contributed by atoms with E-state index in [1.807, 2.05) is 6.92 Å². The second kappa shape index (κ2) is 5.45. The lowest BCUT2D eigenvalue weighted by molar-refractivity contribution is -0.0266. The molecule has 0 amide bonds. The molecule has 2 rings (SSSR count). The number of rotatable bonds is 4. The molecule has 0 bridgehead atoms. The molecule has 0 spiro atoms. The molecule has 3 N–H and O–H groups in total. The first-order valence-electron chi connectivity index (χ1n) is 6.46. The molecule has 2 aliphatic heterocycles. The number of hydrogen-bond acceptors (Lipinski definition) is 4. The quantitative estimate of drug-likeness (QED) is 0.639. The van der Waals surface area contributed by atoms with Gasteiger partial charge in [-0.15, -0.1) is 0 Å². The second-order valence-electron chi connectivity index (χ2n) is 5.19. The Morgan fingerprint density at radius 3 is 2.81 bits per heavy atom. The van der Waals surface area contributed by atoms with E-state index in [1.165, 1.54) is 12.8 Å². The van der Waals surface area contributed by atoms with Gasteiger partial charge in [0.25, 0.3) is 0 Å². The van der Waals surface area contributed by atoms with Crippen LogP contribution >= 0.6 is 0 Å². The molecule has 0 aromatic carbocycles. The van der Waals surface area contributed by atoms with Crippen molar-refractivity contribution in [1.29, 1.82) is 0 Å². The molecule has 94 valence electrons. The van der Waals surface area contributed by atoms with Crippen molar-refractivity contribution in [1.82, 2.24) is 10.6 Å². The molecule has 2 atom stereocenters. The Hall–Kier alpha value is -0.160. The van der Waals surface area contributed by atoms with Crippen molar-refractivity contribution in [3.63, 3.8) is 0 Å². The first-order valence-corrected chi connectivity index (χ1v) is 6.46. The van der Waals surface area contributed by atoms with Crippen molar-refractivity contribution >= 4 is 0 Å². The molecule has 0 aliphatic carbocycles. The monoisotopic (exact) mass is 228 g/mol. The van der Waals surface area contributed by atoms with E-state index in [4.69, 9.17) is 4.74 Å². The van der Waals surface area contributed by atoms with Crippen molar-refractivity contribution in [2.45, 2.75) is 37.9 Å². The molecule has 0 saturated carbocycles. The molecular weight excluding hydrogens is 204 g/mol. The second-order valence-corrected chi connectivity index (χ2v) is 5.19. The summed E-state index contributed by atoms with van der Waals surface area (Å²) in [6.45, 7) is 6.60. The molecule has 16 heavy (non-hydrogen) atoms. The third kappa shape index (κ3) is 2.94. The highest BCUT2D eigenvalue weighted by atomic mass is 16.5. The zero-order chi connectivity index (χ0) is 11.4. The number of piperidine rings is 1. The predicted molar refractivity (Wildman–Crippen MR) is 63.4 cm³/mol. The minimum absolute atomic E-state index is 0.0342. The SMILES string of the molecule is CC1OCCC1(O)CNCC1CCNCC1. The molecule has 2 saturated heterocycles. The summed E-state index contributed by atoms with van der Waals surface area (Å²) in [6, 6.07) is 0. The van der Waals surface area contributed by atoms with Crippen LogP contribution in [-0.2, 0) is 4.74 Å². The maximum atomic E-state index is 10.3. The molecule has 4 heteroatoms. The van der Waals surface area contributed by atoms with Crippen LogP contribution in [0.1, 0.15) is 26.2 Å². The normalized spacial score (nSPS) is 36.8. The van der Waals surface area contributed by atoms with Crippen LogP contribution in [0.5, 0.6) is 0 Å². The lowest BCUT2D eigenvalue weighted by Crippen LogP contribution is -2.47. The van der Waals surface area contributed by atoms with Crippen molar-refractivity contribution in [2.24, 2.45) is 5.92 Å². The van der Waals surface area contributed by atoms with E-state index in [0.29, 0.717) is 13.2 Å². The first kappa shape index (κ1) is 12.3. The first-order chi connectivity index (χ1) is 7.71. The van der Waals surface area contributed by atoms with E-state index < -0.39 is 5.60 Å². The van der Waals surface area contributed by atoms with Gasteiger partial charge in [0.1, 0.15) is 5.60 Å². The Kier molecular flexibility index (Phi) is 4.19. The fraction of sp³-hybridized carbons (Fsp3) is 1.00. The minimum Gasteiger partial charge on any atom is -0.386 e. The third-order valence-corrected chi connectivity index (χ3v) is 3.98. The van der Waals surface area contributed by atoms with Crippen LogP contribution in [0, 0.1) is 5.92 Å². The highest BCUT2D eigenvalue weighted by Gasteiger charge is 2.39. The highest BCUT2D eigenvalue weighted by Crippen LogP contribution is 2.24. The Balaban J connectivity index is 1.66. The standard InChI is InChI=1S/C12H24N2O2/c1-10-12(15,4-7-16-10)9-14-8-11-2-5-13-6-3-11/h10-11,13-15H,2-9H2,1H3. The lowest BCUT2D eigenvalue weighted by Gasteiger charge is -2.28. The maximum absolute atomic E-state index is 10.3. The number of hydrogen-bond donors (Lipinski definition) is 3. The van der Waals surface area contributed by atoms with Crippen LogP contribution in [-0.4, -0.2) is 49.6 Å². The Morgan fingerprint density at radius 1 is 1.44 bits per heavy atom. The summed E-state index contributed by atoms with van der Waals surface area (Å²) < 4.78 is 5.41. The average molecular weight is 228 g/mol. The summed E-state index contributed by atoms with van der Waals surface area (Å²) in [5.74, 6) is 0.766. The molecule has 4 nitrogen and oxygen atoms in total. The van der Waals surface area contributed by atoms with Crippen molar-refractivity contribution < 1.29 is 9.84 Å². The van der Waals surface area contributed by atoms with Gasteiger partial charge in [0.15, 0.2) is 0 Å². The van der Waals surface area contributed by atoms with Gasteiger partial charge in [-0.25, -0.2) is 0 Å². The molecule has 2 aliphatic rings.